The third-order valence-corrected chi connectivity index (χ3v) is 4.55. The molecule has 1 unspecified atom stereocenters. The first-order chi connectivity index (χ1) is 12.1. The highest BCUT2D eigenvalue weighted by molar-refractivity contribution is 5.94. The van der Waals surface area contributed by atoms with E-state index in [4.69, 9.17) is 4.52 Å². The summed E-state index contributed by atoms with van der Waals surface area (Å²) in [5.41, 5.74) is 0.845. The molecule has 0 saturated carbocycles. The van der Waals surface area contributed by atoms with Gasteiger partial charge in [-0.05, 0) is 25.5 Å². The topological polar surface area (TPSA) is 81.8 Å². The Morgan fingerprint density at radius 1 is 1.32 bits per heavy atom. The van der Waals surface area contributed by atoms with Gasteiger partial charge in [-0.2, -0.15) is 0 Å². The number of para-hydroxylation sites is 2. The summed E-state index contributed by atoms with van der Waals surface area (Å²) in [7, 11) is 0. The molecule has 2 aromatic rings. The van der Waals surface area contributed by atoms with Crippen molar-refractivity contribution in [1.82, 2.24) is 10.1 Å². The van der Waals surface area contributed by atoms with Crippen LogP contribution in [0.3, 0.4) is 0 Å². The third kappa shape index (κ3) is 3.93. The van der Waals surface area contributed by atoms with Gasteiger partial charge in [0.05, 0.1) is 11.7 Å². The summed E-state index contributed by atoms with van der Waals surface area (Å²) < 4.78 is 4.99. The number of phenols is 1. The molecule has 0 bridgehead atoms. The lowest BCUT2D eigenvalue weighted by Crippen LogP contribution is -2.53. The molecule has 1 fully saturated rings. The van der Waals surface area contributed by atoms with E-state index in [0.717, 1.165) is 38.3 Å². The Kier molecular flexibility index (Phi) is 5.23. The van der Waals surface area contributed by atoms with E-state index in [-0.39, 0.29) is 11.9 Å². The number of carbonyl (C=O) groups is 1. The van der Waals surface area contributed by atoms with E-state index in [1.54, 1.807) is 19.1 Å². The van der Waals surface area contributed by atoms with Crippen molar-refractivity contribution in [3.8, 4) is 5.75 Å². The predicted octanol–water partition coefficient (Wildman–Crippen LogP) is 2.23. The van der Waals surface area contributed by atoms with Crippen molar-refractivity contribution >= 4 is 17.4 Å². The summed E-state index contributed by atoms with van der Waals surface area (Å²) in [5, 5.41) is 16.6. The molecule has 0 radical (unpaired) electrons. The van der Waals surface area contributed by atoms with Crippen LogP contribution in [0.2, 0.25) is 0 Å². The van der Waals surface area contributed by atoms with Gasteiger partial charge in [-0.3, -0.25) is 9.69 Å². The van der Waals surface area contributed by atoms with Crippen molar-refractivity contribution in [2.75, 3.05) is 36.4 Å². The number of hydrogen-bond donors (Lipinski definition) is 2. The van der Waals surface area contributed by atoms with Gasteiger partial charge in [-0.1, -0.05) is 24.2 Å². The van der Waals surface area contributed by atoms with Gasteiger partial charge in [0.25, 0.3) is 0 Å². The zero-order valence-electron chi connectivity index (χ0n) is 14.6. The second kappa shape index (κ2) is 7.57. The van der Waals surface area contributed by atoms with Gasteiger partial charge < -0.3 is 19.8 Å². The fraction of sp³-hybridized carbons (Fsp3) is 0.444. The maximum absolute atomic E-state index is 12.6. The minimum Gasteiger partial charge on any atom is -0.506 e. The molecule has 134 valence electrons. The molecule has 3 rings (SSSR count). The smallest absolute Gasteiger partial charge is 0.242 e. The molecule has 2 N–H and O–H groups in total. The van der Waals surface area contributed by atoms with E-state index in [1.807, 2.05) is 25.1 Å². The number of aromatic nitrogens is 1. The third-order valence-electron chi connectivity index (χ3n) is 4.55. The molecule has 1 aliphatic rings. The number of benzene rings is 1. The number of aryl methyl sites for hydroxylation is 1. The first kappa shape index (κ1) is 17.3. The maximum Gasteiger partial charge on any atom is 0.242 e. The molecule has 0 aliphatic carbocycles. The molecule has 0 spiro atoms. The number of amides is 1. The number of phenolic OH excluding ortho intramolecular Hbond substituents is 1. The maximum atomic E-state index is 12.6. The first-order valence-electron chi connectivity index (χ1n) is 8.59. The minimum absolute atomic E-state index is 0.0631. The Hall–Kier alpha value is -2.54. The van der Waals surface area contributed by atoms with E-state index in [1.165, 1.54) is 0 Å². The molecule has 2 heterocycles. The van der Waals surface area contributed by atoms with Crippen molar-refractivity contribution in [1.29, 1.82) is 0 Å². The van der Waals surface area contributed by atoms with Gasteiger partial charge in [0.1, 0.15) is 11.5 Å². The summed E-state index contributed by atoms with van der Waals surface area (Å²) in [4.78, 5) is 16.9. The number of hydrogen-bond acceptors (Lipinski definition) is 6. The van der Waals surface area contributed by atoms with Gasteiger partial charge in [0.15, 0.2) is 5.82 Å². The number of nitrogens with one attached hydrogen (secondary N) is 1. The largest absolute Gasteiger partial charge is 0.506 e. The summed E-state index contributed by atoms with van der Waals surface area (Å²) in [6.45, 7) is 6.86. The molecular weight excluding hydrogens is 320 g/mol. The summed E-state index contributed by atoms with van der Waals surface area (Å²) in [6, 6.07) is 8.86. The van der Waals surface area contributed by atoms with Crippen molar-refractivity contribution in [2.45, 2.75) is 26.3 Å². The van der Waals surface area contributed by atoms with Crippen LogP contribution in [0.1, 0.15) is 19.1 Å². The molecule has 25 heavy (non-hydrogen) atoms. The highest BCUT2D eigenvalue weighted by Crippen LogP contribution is 2.27. The van der Waals surface area contributed by atoms with Crippen LogP contribution in [0.5, 0.6) is 5.75 Å². The van der Waals surface area contributed by atoms with Crippen LogP contribution in [0.25, 0.3) is 0 Å². The SMILES string of the molecule is CCC(C(=O)Nc1cc(C)on1)N1CCN(c2ccccc2O)CC1. The quantitative estimate of drug-likeness (QED) is 0.866. The van der Waals surface area contributed by atoms with Gasteiger partial charge in [0, 0.05) is 32.2 Å². The average Bonchev–Trinajstić information content (AvgIpc) is 3.01. The summed E-state index contributed by atoms with van der Waals surface area (Å²) in [6.07, 6.45) is 0.721. The van der Waals surface area contributed by atoms with E-state index in [9.17, 15) is 9.90 Å². The van der Waals surface area contributed by atoms with Gasteiger partial charge in [-0.15, -0.1) is 0 Å². The molecule has 1 aromatic heterocycles. The standard InChI is InChI=1S/C18H24N4O3/c1-3-14(18(24)19-17-12-13(2)25-20-17)21-8-10-22(11-9-21)15-6-4-5-7-16(15)23/h4-7,12,14,23H,3,8-11H2,1-2H3,(H,19,20,24). The molecule has 1 aromatic carbocycles. The second-order valence-corrected chi connectivity index (χ2v) is 6.25. The van der Waals surface area contributed by atoms with Gasteiger partial charge in [0.2, 0.25) is 5.91 Å². The van der Waals surface area contributed by atoms with Crippen LogP contribution in [0.15, 0.2) is 34.9 Å². The van der Waals surface area contributed by atoms with E-state index < -0.39 is 0 Å². The fourth-order valence-corrected chi connectivity index (χ4v) is 3.25. The highest BCUT2D eigenvalue weighted by Gasteiger charge is 2.28. The van der Waals surface area contributed by atoms with Gasteiger partial charge in [-0.25, -0.2) is 0 Å². The van der Waals surface area contributed by atoms with E-state index in [2.05, 4.69) is 20.3 Å². The fourth-order valence-electron chi connectivity index (χ4n) is 3.25. The lowest BCUT2D eigenvalue weighted by atomic mass is 10.1. The van der Waals surface area contributed by atoms with Crippen molar-refractivity contribution < 1.29 is 14.4 Å². The Morgan fingerprint density at radius 3 is 2.64 bits per heavy atom. The van der Waals surface area contributed by atoms with Gasteiger partial charge >= 0.3 is 0 Å². The highest BCUT2D eigenvalue weighted by atomic mass is 16.5. The Bertz CT molecular complexity index is 723. The number of nitrogens with zero attached hydrogens (tertiary/aromatic N) is 3. The zero-order chi connectivity index (χ0) is 17.8. The van der Waals surface area contributed by atoms with E-state index in [0.29, 0.717) is 17.3 Å². The van der Waals surface area contributed by atoms with Crippen LogP contribution in [0, 0.1) is 6.92 Å². The summed E-state index contributed by atoms with van der Waals surface area (Å²) >= 11 is 0. The van der Waals surface area contributed by atoms with E-state index >= 15 is 0 Å². The van der Waals surface area contributed by atoms with Crippen LogP contribution >= 0.6 is 0 Å². The Labute approximate surface area is 147 Å². The molecule has 7 nitrogen and oxygen atoms in total. The zero-order valence-corrected chi connectivity index (χ0v) is 14.6. The average molecular weight is 344 g/mol. The van der Waals surface area contributed by atoms with Crippen LogP contribution in [0.4, 0.5) is 11.5 Å². The molecule has 1 atom stereocenters. The number of carbonyl (C=O) groups excluding carboxylic acids is 1. The number of piperazine rings is 1. The lowest BCUT2D eigenvalue weighted by Gasteiger charge is -2.39. The Balaban J connectivity index is 1.60. The molecule has 1 amide bonds. The predicted molar refractivity (Wildman–Crippen MR) is 95.8 cm³/mol. The summed E-state index contributed by atoms with van der Waals surface area (Å²) in [5.74, 6) is 1.35. The number of anilines is 2. The number of rotatable bonds is 5. The molecule has 1 saturated heterocycles. The lowest BCUT2D eigenvalue weighted by molar-refractivity contribution is -0.121. The molecule has 7 heteroatoms. The van der Waals surface area contributed by atoms with Crippen molar-refractivity contribution in [3.05, 3.63) is 36.1 Å². The first-order valence-corrected chi connectivity index (χ1v) is 8.59. The molecule has 1 aliphatic heterocycles. The van der Waals surface area contributed by atoms with Crippen molar-refractivity contribution in [3.63, 3.8) is 0 Å². The minimum atomic E-state index is -0.205. The second-order valence-electron chi connectivity index (χ2n) is 6.25. The monoisotopic (exact) mass is 344 g/mol. The molecular formula is C18H24N4O3. The van der Waals surface area contributed by atoms with Crippen LogP contribution < -0.4 is 10.2 Å². The van der Waals surface area contributed by atoms with Crippen molar-refractivity contribution in [2.24, 2.45) is 0 Å². The number of aromatic hydroxyl groups is 1. The van der Waals surface area contributed by atoms with Crippen LogP contribution in [-0.2, 0) is 4.79 Å². The normalized spacial score (nSPS) is 16.6. The Morgan fingerprint density at radius 2 is 2.04 bits per heavy atom. The van der Waals surface area contributed by atoms with Crippen LogP contribution in [-0.4, -0.2) is 53.3 Å².